The van der Waals surface area contributed by atoms with Gasteiger partial charge >= 0.3 is 5.69 Å². The van der Waals surface area contributed by atoms with Crippen molar-refractivity contribution in [1.29, 1.82) is 0 Å². The predicted octanol–water partition coefficient (Wildman–Crippen LogP) is 1.88. The van der Waals surface area contributed by atoms with Crippen LogP contribution >= 0.6 is 15.9 Å². The summed E-state index contributed by atoms with van der Waals surface area (Å²) in [6.45, 7) is 3.14. The lowest BCUT2D eigenvalue weighted by Crippen LogP contribution is -2.40. The topological polar surface area (TPSA) is 56.5 Å². The molecule has 2 rings (SSSR count). The molecule has 124 valence electrons. The van der Waals surface area contributed by atoms with Crippen LogP contribution in [0.15, 0.2) is 38.5 Å². The van der Waals surface area contributed by atoms with E-state index in [1.165, 1.54) is 11.6 Å². The van der Waals surface area contributed by atoms with E-state index in [-0.39, 0.29) is 11.2 Å². The molecule has 0 saturated carbocycles. The van der Waals surface area contributed by atoms with Crippen molar-refractivity contribution in [3.05, 3.63) is 55.3 Å². The molecular weight excluding hydrogens is 362 g/mol. The van der Waals surface area contributed by atoms with Crippen molar-refractivity contribution in [3.8, 4) is 5.75 Å². The highest BCUT2D eigenvalue weighted by Gasteiger charge is 2.15. The highest BCUT2D eigenvalue weighted by atomic mass is 79.9. The highest BCUT2D eigenvalue weighted by Crippen LogP contribution is 2.24. The number of benzene rings is 1. The Morgan fingerprint density at radius 2 is 1.96 bits per heavy atom. The van der Waals surface area contributed by atoms with Gasteiger partial charge < -0.3 is 14.2 Å². The van der Waals surface area contributed by atoms with Gasteiger partial charge in [-0.25, -0.2) is 4.79 Å². The summed E-state index contributed by atoms with van der Waals surface area (Å²) in [4.78, 5) is 26.2. The number of aromatic nitrogens is 2. The van der Waals surface area contributed by atoms with Gasteiger partial charge in [0, 0.05) is 37.9 Å². The fourth-order valence-corrected chi connectivity index (χ4v) is 2.75. The van der Waals surface area contributed by atoms with Gasteiger partial charge in [0.1, 0.15) is 11.4 Å². The summed E-state index contributed by atoms with van der Waals surface area (Å²) in [6.07, 6.45) is 1.59. The zero-order valence-electron chi connectivity index (χ0n) is 13.7. The van der Waals surface area contributed by atoms with Crippen molar-refractivity contribution in [3.63, 3.8) is 0 Å². The van der Waals surface area contributed by atoms with E-state index in [0.717, 1.165) is 20.4 Å². The number of ether oxygens (including phenoxy) is 1. The normalized spacial score (nSPS) is 10.7. The molecule has 0 saturated heterocycles. The van der Waals surface area contributed by atoms with Crippen LogP contribution in [-0.4, -0.2) is 22.8 Å². The van der Waals surface area contributed by atoms with E-state index >= 15 is 0 Å². The summed E-state index contributed by atoms with van der Waals surface area (Å²) in [5.41, 5.74) is 0.861. The number of hydrogen-bond acceptors (Lipinski definition) is 4. The van der Waals surface area contributed by atoms with Crippen LogP contribution in [-0.2, 0) is 20.6 Å². The van der Waals surface area contributed by atoms with Crippen molar-refractivity contribution < 1.29 is 4.74 Å². The van der Waals surface area contributed by atoms with Gasteiger partial charge in [0.2, 0.25) is 0 Å². The first-order chi connectivity index (χ1) is 10.9. The third-order valence-electron chi connectivity index (χ3n) is 3.76. The highest BCUT2D eigenvalue weighted by molar-refractivity contribution is 9.10. The van der Waals surface area contributed by atoms with E-state index in [9.17, 15) is 9.59 Å². The second-order valence-corrected chi connectivity index (χ2v) is 6.10. The fourth-order valence-electron chi connectivity index (χ4n) is 2.38. The van der Waals surface area contributed by atoms with Crippen molar-refractivity contribution >= 4 is 21.6 Å². The van der Waals surface area contributed by atoms with Crippen LogP contribution in [0.2, 0.25) is 0 Å². The third-order valence-corrected chi connectivity index (χ3v) is 4.54. The SMILES string of the molecule is CCN(Cc1cc(OC)ccc1Br)c1cn(C)c(=O)n(C)c1=O. The lowest BCUT2D eigenvalue weighted by Gasteiger charge is -2.24. The minimum atomic E-state index is -0.336. The van der Waals surface area contributed by atoms with Gasteiger partial charge in [0.25, 0.3) is 5.56 Å². The molecule has 1 aromatic carbocycles. The Morgan fingerprint density at radius 1 is 1.26 bits per heavy atom. The molecule has 0 amide bonds. The molecule has 23 heavy (non-hydrogen) atoms. The molecule has 0 fully saturated rings. The van der Waals surface area contributed by atoms with Gasteiger partial charge in [-0.15, -0.1) is 0 Å². The first-order valence-corrected chi connectivity index (χ1v) is 8.02. The van der Waals surface area contributed by atoms with E-state index in [2.05, 4.69) is 15.9 Å². The van der Waals surface area contributed by atoms with Crippen LogP contribution in [0.3, 0.4) is 0 Å². The van der Waals surface area contributed by atoms with Gasteiger partial charge in [-0.1, -0.05) is 15.9 Å². The van der Waals surface area contributed by atoms with Crippen LogP contribution in [0.4, 0.5) is 5.69 Å². The first-order valence-electron chi connectivity index (χ1n) is 7.23. The van der Waals surface area contributed by atoms with Gasteiger partial charge in [-0.3, -0.25) is 9.36 Å². The van der Waals surface area contributed by atoms with E-state index in [1.54, 1.807) is 20.4 Å². The summed E-state index contributed by atoms with van der Waals surface area (Å²) < 4.78 is 8.74. The second-order valence-electron chi connectivity index (χ2n) is 5.24. The number of methoxy groups -OCH3 is 1. The monoisotopic (exact) mass is 381 g/mol. The number of nitrogens with zero attached hydrogens (tertiary/aromatic N) is 3. The van der Waals surface area contributed by atoms with Crippen LogP contribution in [0, 0.1) is 0 Å². The zero-order valence-corrected chi connectivity index (χ0v) is 15.3. The summed E-state index contributed by atoms with van der Waals surface area (Å²) >= 11 is 3.53. The van der Waals surface area contributed by atoms with E-state index < -0.39 is 0 Å². The van der Waals surface area contributed by atoms with Gasteiger partial charge in [-0.2, -0.15) is 0 Å². The molecule has 0 unspecified atom stereocenters. The molecule has 0 aliphatic carbocycles. The lowest BCUT2D eigenvalue weighted by atomic mass is 10.2. The maximum Gasteiger partial charge on any atom is 0.330 e. The minimum Gasteiger partial charge on any atom is -0.497 e. The Bertz CT molecular complexity index is 826. The van der Waals surface area contributed by atoms with Gasteiger partial charge in [0.05, 0.1) is 7.11 Å². The van der Waals surface area contributed by atoms with Crippen LogP contribution < -0.4 is 20.9 Å². The molecule has 0 bridgehead atoms. The summed E-state index contributed by atoms with van der Waals surface area (Å²) in [5, 5.41) is 0. The molecule has 6 nitrogen and oxygen atoms in total. The van der Waals surface area contributed by atoms with Crippen molar-refractivity contribution in [1.82, 2.24) is 9.13 Å². The number of rotatable bonds is 5. The summed E-state index contributed by atoms with van der Waals surface area (Å²) in [5.74, 6) is 0.757. The predicted molar refractivity (Wildman–Crippen MR) is 94.3 cm³/mol. The molecule has 0 aliphatic rings. The van der Waals surface area contributed by atoms with Crippen molar-refractivity contribution in [2.75, 3.05) is 18.6 Å². The van der Waals surface area contributed by atoms with Gasteiger partial charge in [-0.05, 0) is 30.7 Å². The number of aryl methyl sites for hydroxylation is 1. The Balaban J connectivity index is 2.46. The Kier molecular flexibility index (Phi) is 5.30. The standard InChI is InChI=1S/C16H20BrN3O3/c1-5-20(9-11-8-12(23-4)6-7-13(11)17)14-10-18(2)16(22)19(3)15(14)21/h6-8,10H,5,9H2,1-4H3. The zero-order chi connectivity index (χ0) is 17.1. The third kappa shape index (κ3) is 3.50. The molecule has 0 atom stereocenters. The van der Waals surface area contributed by atoms with Crippen LogP contribution in [0.5, 0.6) is 5.75 Å². The Morgan fingerprint density at radius 3 is 2.57 bits per heavy atom. The summed E-state index contributed by atoms with van der Waals surface area (Å²) in [6, 6.07) is 5.72. The number of hydrogen-bond donors (Lipinski definition) is 0. The minimum absolute atomic E-state index is 0.297. The van der Waals surface area contributed by atoms with Crippen molar-refractivity contribution in [2.45, 2.75) is 13.5 Å². The van der Waals surface area contributed by atoms with E-state index in [0.29, 0.717) is 18.8 Å². The first kappa shape index (κ1) is 17.3. The molecule has 2 aromatic rings. The molecule has 1 heterocycles. The number of anilines is 1. The van der Waals surface area contributed by atoms with E-state index in [1.807, 2.05) is 30.0 Å². The summed E-state index contributed by atoms with van der Waals surface area (Å²) in [7, 11) is 4.75. The van der Waals surface area contributed by atoms with Crippen molar-refractivity contribution in [2.24, 2.45) is 14.1 Å². The average molecular weight is 382 g/mol. The Labute approximate surface area is 143 Å². The largest absolute Gasteiger partial charge is 0.497 e. The van der Waals surface area contributed by atoms with Gasteiger partial charge in [0.15, 0.2) is 0 Å². The smallest absolute Gasteiger partial charge is 0.330 e. The maximum absolute atomic E-state index is 12.4. The Hall–Kier alpha value is -2.02. The van der Waals surface area contributed by atoms with Crippen LogP contribution in [0.1, 0.15) is 12.5 Å². The molecule has 0 N–H and O–H groups in total. The molecule has 1 aromatic heterocycles. The fraction of sp³-hybridized carbons (Fsp3) is 0.375. The molecule has 0 spiro atoms. The second kappa shape index (κ2) is 7.04. The maximum atomic E-state index is 12.4. The lowest BCUT2D eigenvalue weighted by molar-refractivity contribution is 0.414. The molecule has 7 heteroatoms. The average Bonchev–Trinajstić information content (AvgIpc) is 2.55. The quantitative estimate of drug-likeness (QED) is 0.793. The van der Waals surface area contributed by atoms with Crippen LogP contribution in [0.25, 0.3) is 0 Å². The molecule has 0 aliphatic heterocycles. The number of halogens is 1. The molecular formula is C16H20BrN3O3. The molecule has 0 radical (unpaired) electrons. The van der Waals surface area contributed by atoms with E-state index in [4.69, 9.17) is 4.74 Å².